The van der Waals surface area contributed by atoms with Gasteiger partial charge in [0, 0.05) is 17.5 Å². The molecule has 1 atom stereocenters. The van der Waals surface area contributed by atoms with Crippen LogP contribution in [0.25, 0.3) is 0 Å². The molecule has 1 saturated heterocycles. The SMILES string of the molecule is Cc1nc(NC(=O)CCC2CCCO2)ccc1Br. The minimum atomic E-state index is -0.000257. The normalized spacial score (nSPS) is 18.9. The van der Waals surface area contributed by atoms with Gasteiger partial charge in [-0.25, -0.2) is 4.98 Å². The minimum absolute atomic E-state index is 0.000257. The Labute approximate surface area is 115 Å². The van der Waals surface area contributed by atoms with Gasteiger partial charge in [0.05, 0.1) is 11.8 Å². The molecule has 5 heteroatoms. The van der Waals surface area contributed by atoms with Gasteiger partial charge in [0.2, 0.25) is 5.91 Å². The summed E-state index contributed by atoms with van der Waals surface area (Å²) >= 11 is 3.38. The van der Waals surface area contributed by atoms with Crippen LogP contribution in [-0.4, -0.2) is 23.6 Å². The predicted octanol–water partition coefficient (Wildman–Crippen LogP) is 3.05. The van der Waals surface area contributed by atoms with E-state index in [1.807, 2.05) is 13.0 Å². The number of hydrogen-bond donors (Lipinski definition) is 1. The van der Waals surface area contributed by atoms with E-state index in [2.05, 4.69) is 26.2 Å². The number of hydrogen-bond acceptors (Lipinski definition) is 3. The lowest BCUT2D eigenvalue weighted by molar-refractivity contribution is -0.116. The Morgan fingerprint density at radius 1 is 1.61 bits per heavy atom. The molecule has 1 N–H and O–H groups in total. The van der Waals surface area contributed by atoms with E-state index in [1.165, 1.54) is 0 Å². The minimum Gasteiger partial charge on any atom is -0.378 e. The van der Waals surface area contributed by atoms with Crippen molar-refractivity contribution in [1.29, 1.82) is 0 Å². The maximum absolute atomic E-state index is 11.7. The highest BCUT2D eigenvalue weighted by atomic mass is 79.9. The van der Waals surface area contributed by atoms with Gasteiger partial charge in [-0.3, -0.25) is 4.79 Å². The van der Waals surface area contributed by atoms with E-state index in [1.54, 1.807) is 6.07 Å². The van der Waals surface area contributed by atoms with Crippen LogP contribution in [0, 0.1) is 6.92 Å². The van der Waals surface area contributed by atoms with E-state index in [0.29, 0.717) is 12.2 Å². The van der Waals surface area contributed by atoms with E-state index >= 15 is 0 Å². The van der Waals surface area contributed by atoms with Gasteiger partial charge in [-0.15, -0.1) is 0 Å². The van der Waals surface area contributed by atoms with Crippen LogP contribution in [0.2, 0.25) is 0 Å². The molecule has 4 nitrogen and oxygen atoms in total. The first-order valence-corrected chi connectivity index (χ1v) is 6.99. The second kappa shape index (κ2) is 6.29. The van der Waals surface area contributed by atoms with Crippen LogP contribution in [0.3, 0.4) is 0 Å². The summed E-state index contributed by atoms with van der Waals surface area (Å²) in [6, 6.07) is 3.68. The second-order valence-electron chi connectivity index (χ2n) is 4.49. The Morgan fingerprint density at radius 3 is 3.11 bits per heavy atom. The number of aryl methyl sites for hydroxylation is 1. The average Bonchev–Trinajstić information content (AvgIpc) is 2.84. The monoisotopic (exact) mass is 312 g/mol. The second-order valence-corrected chi connectivity index (χ2v) is 5.34. The third-order valence-corrected chi connectivity index (χ3v) is 3.84. The van der Waals surface area contributed by atoms with Crippen molar-refractivity contribution in [3.63, 3.8) is 0 Å². The van der Waals surface area contributed by atoms with E-state index in [0.717, 1.165) is 36.0 Å². The lowest BCUT2D eigenvalue weighted by atomic mass is 10.1. The molecule has 0 aliphatic carbocycles. The fourth-order valence-corrected chi connectivity index (χ4v) is 2.20. The van der Waals surface area contributed by atoms with Crippen LogP contribution in [0.15, 0.2) is 16.6 Å². The number of nitrogens with one attached hydrogen (secondary N) is 1. The summed E-state index contributed by atoms with van der Waals surface area (Å²) in [5.41, 5.74) is 0.868. The smallest absolute Gasteiger partial charge is 0.225 e. The van der Waals surface area contributed by atoms with Gasteiger partial charge >= 0.3 is 0 Å². The summed E-state index contributed by atoms with van der Waals surface area (Å²) in [7, 11) is 0. The third-order valence-electron chi connectivity index (χ3n) is 3.01. The first kappa shape index (κ1) is 13.5. The molecular formula is C13H17BrN2O2. The van der Waals surface area contributed by atoms with Gasteiger partial charge in [-0.05, 0) is 54.2 Å². The zero-order valence-electron chi connectivity index (χ0n) is 10.4. The van der Waals surface area contributed by atoms with Crippen LogP contribution in [-0.2, 0) is 9.53 Å². The molecule has 18 heavy (non-hydrogen) atoms. The van der Waals surface area contributed by atoms with E-state index < -0.39 is 0 Å². The average molecular weight is 313 g/mol. The largest absolute Gasteiger partial charge is 0.378 e. The molecule has 1 aromatic rings. The van der Waals surface area contributed by atoms with Gasteiger partial charge < -0.3 is 10.1 Å². The number of halogens is 1. The number of pyridine rings is 1. The molecule has 1 unspecified atom stereocenters. The van der Waals surface area contributed by atoms with Crippen molar-refractivity contribution in [1.82, 2.24) is 4.98 Å². The quantitative estimate of drug-likeness (QED) is 0.929. The van der Waals surface area contributed by atoms with Gasteiger partial charge in [0.25, 0.3) is 0 Å². The number of anilines is 1. The van der Waals surface area contributed by atoms with Crippen LogP contribution < -0.4 is 5.32 Å². The van der Waals surface area contributed by atoms with Crippen LogP contribution >= 0.6 is 15.9 Å². The van der Waals surface area contributed by atoms with Gasteiger partial charge in [-0.2, -0.15) is 0 Å². The summed E-state index contributed by atoms with van der Waals surface area (Å²) in [5.74, 6) is 0.604. The Hall–Kier alpha value is -0.940. The first-order valence-electron chi connectivity index (χ1n) is 6.20. The number of carbonyl (C=O) groups is 1. The number of amides is 1. The fourth-order valence-electron chi connectivity index (χ4n) is 1.98. The maximum Gasteiger partial charge on any atom is 0.225 e. The predicted molar refractivity (Wildman–Crippen MR) is 73.5 cm³/mol. The summed E-state index contributed by atoms with van der Waals surface area (Å²) in [4.78, 5) is 16.0. The topological polar surface area (TPSA) is 51.2 Å². The van der Waals surface area contributed by atoms with Crippen molar-refractivity contribution in [2.45, 2.75) is 38.7 Å². The maximum atomic E-state index is 11.7. The summed E-state index contributed by atoms with van der Waals surface area (Å²) < 4.78 is 6.43. The molecule has 1 aliphatic rings. The number of rotatable bonds is 4. The molecule has 0 spiro atoms. The van der Waals surface area contributed by atoms with Crippen molar-refractivity contribution in [3.05, 3.63) is 22.3 Å². The molecule has 0 aromatic carbocycles. The molecule has 0 saturated carbocycles. The van der Waals surface area contributed by atoms with Gasteiger partial charge in [0.1, 0.15) is 5.82 Å². The van der Waals surface area contributed by atoms with Crippen molar-refractivity contribution >= 4 is 27.7 Å². The van der Waals surface area contributed by atoms with Crippen molar-refractivity contribution in [2.24, 2.45) is 0 Å². The molecule has 2 rings (SSSR count). The van der Waals surface area contributed by atoms with E-state index in [-0.39, 0.29) is 12.0 Å². The molecule has 1 aromatic heterocycles. The fraction of sp³-hybridized carbons (Fsp3) is 0.538. The zero-order valence-corrected chi connectivity index (χ0v) is 12.0. The van der Waals surface area contributed by atoms with Gasteiger partial charge in [-0.1, -0.05) is 0 Å². The molecular weight excluding hydrogens is 296 g/mol. The molecule has 0 radical (unpaired) electrons. The van der Waals surface area contributed by atoms with Crippen molar-refractivity contribution < 1.29 is 9.53 Å². The highest BCUT2D eigenvalue weighted by Gasteiger charge is 2.16. The van der Waals surface area contributed by atoms with E-state index in [9.17, 15) is 4.79 Å². The molecule has 1 amide bonds. The lowest BCUT2D eigenvalue weighted by Crippen LogP contribution is -2.16. The summed E-state index contributed by atoms with van der Waals surface area (Å²) in [6.07, 6.45) is 3.72. The zero-order chi connectivity index (χ0) is 13.0. The highest BCUT2D eigenvalue weighted by molar-refractivity contribution is 9.10. The highest BCUT2D eigenvalue weighted by Crippen LogP contribution is 2.18. The first-order chi connectivity index (χ1) is 8.65. The molecule has 2 heterocycles. The standard InChI is InChI=1S/C13H17BrN2O2/c1-9-11(14)5-6-12(15-9)16-13(17)7-4-10-3-2-8-18-10/h5-6,10H,2-4,7-8H2,1H3,(H,15,16,17). The van der Waals surface area contributed by atoms with Crippen LogP contribution in [0.5, 0.6) is 0 Å². The van der Waals surface area contributed by atoms with Crippen molar-refractivity contribution in [2.75, 3.05) is 11.9 Å². The van der Waals surface area contributed by atoms with Crippen LogP contribution in [0.1, 0.15) is 31.4 Å². The van der Waals surface area contributed by atoms with Gasteiger partial charge in [0.15, 0.2) is 0 Å². The van der Waals surface area contributed by atoms with Crippen molar-refractivity contribution in [3.8, 4) is 0 Å². The summed E-state index contributed by atoms with van der Waals surface area (Å²) in [5, 5.41) is 2.81. The lowest BCUT2D eigenvalue weighted by Gasteiger charge is -2.09. The molecule has 1 aliphatic heterocycles. The Morgan fingerprint density at radius 2 is 2.44 bits per heavy atom. The number of carbonyl (C=O) groups excluding carboxylic acids is 1. The number of ether oxygens (including phenoxy) is 1. The molecule has 0 bridgehead atoms. The summed E-state index contributed by atoms with van der Waals surface area (Å²) in [6.45, 7) is 2.73. The Balaban J connectivity index is 1.80. The van der Waals surface area contributed by atoms with E-state index in [4.69, 9.17) is 4.74 Å². The number of nitrogens with zero attached hydrogens (tertiary/aromatic N) is 1. The Bertz CT molecular complexity index is 431. The molecule has 98 valence electrons. The van der Waals surface area contributed by atoms with Crippen LogP contribution in [0.4, 0.5) is 5.82 Å². The molecule has 1 fully saturated rings. The number of aromatic nitrogens is 1. The third kappa shape index (κ3) is 3.78. The Kier molecular flexibility index (Phi) is 4.72.